The molecule has 0 aromatic carbocycles. The first-order valence-corrected chi connectivity index (χ1v) is 10.1. The highest BCUT2D eigenvalue weighted by Crippen LogP contribution is 2.06. The van der Waals surface area contributed by atoms with Gasteiger partial charge in [0.2, 0.25) is 0 Å². The Hall–Kier alpha value is -0.830. The number of nitrogens with zero attached hydrogens (tertiary/aromatic N) is 4. The van der Waals surface area contributed by atoms with Gasteiger partial charge in [0.05, 0.1) is 0 Å². The van der Waals surface area contributed by atoms with E-state index in [0.717, 1.165) is 44.4 Å². The molecule has 0 aliphatic rings. The van der Waals surface area contributed by atoms with Crippen molar-refractivity contribution in [2.75, 3.05) is 19.6 Å². The minimum atomic E-state index is 0. The minimum Gasteiger partial charge on any atom is -0.357 e. The number of rotatable bonds is 11. The fraction of sp³-hybridized carbons (Fsp3) is 0.800. The normalized spacial score (nSPS) is 12.2. The van der Waals surface area contributed by atoms with Crippen LogP contribution in [0.2, 0.25) is 0 Å². The first-order valence-electron chi connectivity index (χ1n) is 10.1. The molecule has 158 valence electrons. The molecular formula is C20H41IN6. The third kappa shape index (κ3) is 10.3. The van der Waals surface area contributed by atoms with E-state index in [2.05, 4.69) is 73.6 Å². The molecule has 7 heteroatoms. The molecule has 1 aromatic heterocycles. The van der Waals surface area contributed by atoms with Gasteiger partial charge in [-0.05, 0) is 47.0 Å². The lowest BCUT2D eigenvalue weighted by molar-refractivity contribution is 0.173. The molecule has 0 aliphatic carbocycles. The average Bonchev–Trinajstić information content (AvgIpc) is 2.97. The third-order valence-corrected chi connectivity index (χ3v) is 4.30. The summed E-state index contributed by atoms with van der Waals surface area (Å²) in [5.41, 5.74) is 0. The third-order valence-electron chi connectivity index (χ3n) is 4.30. The van der Waals surface area contributed by atoms with Gasteiger partial charge < -0.3 is 15.2 Å². The highest BCUT2D eigenvalue weighted by molar-refractivity contribution is 14.0. The highest BCUT2D eigenvalue weighted by atomic mass is 127. The Morgan fingerprint density at radius 3 is 2.37 bits per heavy atom. The van der Waals surface area contributed by atoms with Gasteiger partial charge >= 0.3 is 0 Å². The molecular weight excluding hydrogens is 451 g/mol. The quantitative estimate of drug-likeness (QED) is 0.214. The zero-order chi connectivity index (χ0) is 19.5. The Morgan fingerprint density at radius 1 is 1.15 bits per heavy atom. The molecule has 0 spiro atoms. The van der Waals surface area contributed by atoms with Crippen LogP contribution in [0.3, 0.4) is 0 Å². The van der Waals surface area contributed by atoms with E-state index < -0.39 is 0 Å². The number of imidazole rings is 1. The molecule has 0 saturated heterocycles. The molecule has 6 nitrogen and oxygen atoms in total. The Labute approximate surface area is 183 Å². The van der Waals surface area contributed by atoms with Crippen molar-refractivity contribution in [3.63, 3.8) is 0 Å². The lowest BCUT2D eigenvalue weighted by Crippen LogP contribution is -2.41. The Bertz CT molecular complexity index is 516. The van der Waals surface area contributed by atoms with Crippen LogP contribution in [-0.4, -0.2) is 52.1 Å². The van der Waals surface area contributed by atoms with E-state index in [1.54, 1.807) is 0 Å². The van der Waals surface area contributed by atoms with E-state index in [0.29, 0.717) is 24.5 Å². The summed E-state index contributed by atoms with van der Waals surface area (Å²) in [6.07, 6.45) is 5.00. The monoisotopic (exact) mass is 492 g/mol. The molecule has 1 heterocycles. The van der Waals surface area contributed by atoms with Crippen molar-refractivity contribution in [1.82, 2.24) is 25.1 Å². The van der Waals surface area contributed by atoms with Gasteiger partial charge in [0, 0.05) is 50.7 Å². The predicted molar refractivity (Wildman–Crippen MR) is 127 cm³/mol. The summed E-state index contributed by atoms with van der Waals surface area (Å²) in [7, 11) is 0. The second-order valence-electron chi connectivity index (χ2n) is 7.79. The number of aromatic nitrogens is 2. The molecule has 0 amide bonds. The maximum Gasteiger partial charge on any atom is 0.191 e. The first kappa shape index (κ1) is 26.2. The maximum atomic E-state index is 4.71. The molecule has 2 N–H and O–H groups in total. The fourth-order valence-corrected chi connectivity index (χ4v) is 3.12. The van der Waals surface area contributed by atoms with Crippen molar-refractivity contribution in [1.29, 1.82) is 0 Å². The van der Waals surface area contributed by atoms with Gasteiger partial charge in [-0.15, -0.1) is 24.0 Å². The van der Waals surface area contributed by atoms with Crippen LogP contribution in [-0.2, 0) is 13.1 Å². The lowest BCUT2D eigenvalue weighted by Gasteiger charge is -2.30. The number of hydrogen-bond acceptors (Lipinski definition) is 3. The largest absolute Gasteiger partial charge is 0.357 e. The summed E-state index contributed by atoms with van der Waals surface area (Å²) < 4.78 is 2.20. The van der Waals surface area contributed by atoms with Crippen LogP contribution in [0.15, 0.2) is 17.4 Å². The van der Waals surface area contributed by atoms with E-state index in [1.807, 2.05) is 12.4 Å². The SMILES string of the molecule is CCNC(=NCc1nccn1CC(C)C)NCCCN(C(C)C)C(C)C.I. The van der Waals surface area contributed by atoms with Crippen LogP contribution in [0.5, 0.6) is 0 Å². The van der Waals surface area contributed by atoms with Crippen LogP contribution in [0.4, 0.5) is 0 Å². The van der Waals surface area contributed by atoms with Crippen LogP contribution in [0.25, 0.3) is 0 Å². The van der Waals surface area contributed by atoms with Crippen LogP contribution in [0, 0.1) is 5.92 Å². The lowest BCUT2D eigenvalue weighted by atomic mass is 10.2. The van der Waals surface area contributed by atoms with Gasteiger partial charge in [-0.1, -0.05) is 13.8 Å². The van der Waals surface area contributed by atoms with Crippen molar-refractivity contribution in [2.45, 2.75) is 80.1 Å². The van der Waals surface area contributed by atoms with E-state index >= 15 is 0 Å². The molecule has 0 radical (unpaired) electrons. The first-order chi connectivity index (χ1) is 12.3. The molecule has 27 heavy (non-hydrogen) atoms. The fourth-order valence-electron chi connectivity index (χ4n) is 3.12. The Kier molecular flexibility index (Phi) is 13.8. The number of aliphatic imine (C=N–C) groups is 1. The van der Waals surface area contributed by atoms with Gasteiger partial charge in [0.25, 0.3) is 0 Å². The van der Waals surface area contributed by atoms with Crippen molar-refractivity contribution < 1.29 is 0 Å². The molecule has 0 saturated carbocycles. The topological polar surface area (TPSA) is 57.5 Å². The zero-order valence-corrected chi connectivity index (χ0v) is 20.7. The van der Waals surface area contributed by atoms with Crippen molar-refractivity contribution in [2.24, 2.45) is 10.9 Å². The molecule has 0 aliphatic heterocycles. The summed E-state index contributed by atoms with van der Waals surface area (Å²) >= 11 is 0. The number of halogens is 1. The second kappa shape index (κ2) is 14.2. The number of nitrogens with one attached hydrogen (secondary N) is 2. The van der Waals surface area contributed by atoms with Gasteiger partial charge in [-0.2, -0.15) is 0 Å². The van der Waals surface area contributed by atoms with Crippen LogP contribution in [0.1, 0.15) is 60.7 Å². The van der Waals surface area contributed by atoms with Gasteiger partial charge in [-0.3, -0.25) is 4.90 Å². The van der Waals surface area contributed by atoms with E-state index in [1.165, 1.54) is 0 Å². The number of guanidine groups is 1. The molecule has 0 unspecified atom stereocenters. The summed E-state index contributed by atoms with van der Waals surface area (Å²) in [5.74, 6) is 2.48. The van der Waals surface area contributed by atoms with Gasteiger partial charge in [-0.25, -0.2) is 9.98 Å². The molecule has 1 aromatic rings. The molecule has 1 rings (SSSR count). The van der Waals surface area contributed by atoms with Gasteiger partial charge in [0.1, 0.15) is 12.4 Å². The zero-order valence-electron chi connectivity index (χ0n) is 18.3. The molecule has 0 bridgehead atoms. The molecule has 0 fully saturated rings. The summed E-state index contributed by atoms with van der Waals surface area (Å²) in [6, 6.07) is 1.16. The van der Waals surface area contributed by atoms with Crippen LogP contribution < -0.4 is 10.6 Å². The Morgan fingerprint density at radius 2 is 1.81 bits per heavy atom. The number of hydrogen-bond donors (Lipinski definition) is 2. The standard InChI is InChI=1S/C20H40N6.HI/c1-8-21-20(23-10-9-12-26(17(4)5)18(6)7)24-14-19-22-11-13-25(19)15-16(2)3;/h11,13,16-18H,8-10,12,14-15H2,1-7H3,(H2,21,23,24);1H. The maximum absolute atomic E-state index is 4.71. The predicted octanol–water partition coefficient (Wildman–Crippen LogP) is 3.72. The highest BCUT2D eigenvalue weighted by Gasteiger charge is 2.12. The smallest absolute Gasteiger partial charge is 0.191 e. The van der Waals surface area contributed by atoms with Crippen LogP contribution >= 0.6 is 24.0 Å². The summed E-state index contributed by atoms with van der Waals surface area (Å²) in [6.45, 7) is 20.0. The second-order valence-corrected chi connectivity index (χ2v) is 7.79. The minimum absolute atomic E-state index is 0. The van der Waals surface area contributed by atoms with E-state index in [4.69, 9.17) is 4.99 Å². The van der Waals surface area contributed by atoms with E-state index in [-0.39, 0.29) is 24.0 Å². The van der Waals surface area contributed by atoms with Crippen molar-refractivity contribution in [3.8, 4) is 0 Å². The Balaban J connectivity index is 0.00000676. The van der Waals surface area contributed by atoms with Crippen molar-refractivity contribution >= 4 is 29.9 Å². The molecule has 0 atom stereocenters. The van der Waals surface area contributed by atoms with Crippen molar-refractivity contribution in [3.05, 3.63) is 18.2 Å². The van der Waals surface area contributed by atoms with E-state index in [9.17, 15) is 0 Å². The summed E-state index contributed by atoms with van der Waals surface area (Å²) in [5, 5.41) is 6.78. The average molecular weight is 492 g/mol. The van der Waals surface area contributed by atoms with Gasteiger partial charge in [0.15, 0.2) is 5.96 Å². The summed E-state index contributed by atoms with van der Waals surface area (Å²) in [4.78, 5) is 11.7.